The molecule has 0 spiro atoms. The van der Waals surface area contributed by atoms with Crippen LogP contribution in [0.5, 0.6) is 0 Å². The molecule has 0 N–H and O–H groups in total. The molecule has 0 aliphatic rings. The summed E-state index contributed by atoms with van der Waals surface area (Å²) >= 11 is 1.38. The Kier molecular flexibility index (Phi) is 5.54. The van der Waals surface area contributed by atoms with Crippen LogP contribution in [-0.2, 0) is 11.9 Å². The minimum atomic E-state index is -4.38. The van der Waals surface area contributed by atoms with E-state index in [-0.39, 0.29) is 5.82 Å². The first-order valence-corrected chi connectivity index (χ1v) is 9.91. The van der Waals surface area contributed by atoms with Crippen molar-refractivity contribution in [3.8, 4) is 22.6 Å². The third kappa shape index (κ3) is 4.68. The lowest BCUT2D eigenvalue weighted by atomic mass is 10.1. The average molecular weight is 428 g/mol. The van der Waals surface area contributed by atoms with Crippen LogP contribution in [0.25, 0.3) is 22.6 Å². The Bertz CT molecular complexity index is 1120. The average Bonchev–Trinajstić information content (AvgIpc) is 3.22. The number of nitrogens with zero attached hydrogens (tertiary/aromatic N) is 4. The van der Waals surface area contributed by atoms with Gasteiger partial charge in [-0.2, -0.15) is 18.2 Å². The van der Waals surface area contributed by atoms with Gasteiger partial charge in [-0.05, 0) is 31.2 Å². The highest BCUT2D eigenvalue weighted by Gasteiger charge is 2.30. The molecule has 4 aromatic rings. The molecular formula is C21H15F3N4OS. The van der Waals surface area contributed by atoms with Gasteiger partial charge >= 0.3 is 6.18 Å². The number of hydrogen-bond acceptors (Lipinski definition) is 6. The molecule has 4 rings (SSSR count). The molecule has 2 aromatic carbocycles. The SMILES string of the molecule is Cc1ccc(-c2ccc(SCc3nc(-c4ccc(C(F)(F)F)cc4)no3)nn2)cc1. The van der Waals surface area contributed by atoms with Gasteiger partial charge in [0.25, 0.3) is 0 Å². The molecule has 0 bridgehead atoms. The molecule has 0 fully saturated rings. The Morgan fingerprint density at radius 2 is 1.57 bits per heavy atom. The third-order valence-electron chi connectivity index (χ3n) is 4.27. The van der Waals surface area contributed by atoms with Crippen LogP contribution in [0.15, 0.2) is 70.2 Å². The quantitative estimate of drug-likeness (QED) is 0.374. The monoisotopic (exact) mass is 428 g/mol. The first-order chi connectivity index (χ1) is 14.4. The summed E-state index contributed by atoms with van der Waals surface area (Å²) in [5.74, 6) is 0.950. The van der Waals surface area contributed by atoms with Gasteiger partial charge in [0.05, 0.1) is 17.0 Å². The van der Waals surface area contributed by atoms with Crippen molar-refractivity contribution < 1.29 is 17.7 Å². The smallest absolute Gasteiger partial charge is 0.338 e. The fourth-order valence-electron chi connectivity index (χ4n) is 2.65. The van der Waals surface area contributed by atoms with Crippen molar-refractivity contribution in [3.63, 3.8) is 0 Å². The summed E-state index contributed by atoms with van der Waals surface area (Å²) in [6.07, 6.45) is -4.38. The number of halogens is 3. The summed E-state index contributed by atoms with van der Waals surface area (Å²) in [5, 5.41) is 13.0. The van der Waals surface area contributed by atoms with Crippen molar-refractivity contribution in [1.29, 1.82) is 0 Å². The molecule has 2 aromatic heterocycles. The number of benzene rings is 2. The van der Waals surface area contributed by atoms with Gasteiger partial charge in [0.2, 0.25) is 11.7 Å². The molecule has 0 unspecified atom stereocenters. The number of aromatic nitrogens is 4. The molecule has 0 aliphatic carbocycles. The maximum absolute atomic E-state index is 12.7. The second kappa shape index (κ2) is 8.27. The molecule has 30 heavy (non-hydrogen) atoms. The largest absolute Gasteiger partial charge is 0.416 e. The summed E-state index contributed by atoms with van der Waals surface area (Å²) in [7, 11) is 0. The lowest BCUT2D eigenvalue weighted by Gasteiger charge is -2.05. The van der Waals surface area contributed by atoms with E-state index < -0.39 is 11.7 Å². The van der Waals surface area contributed by atoms with Gasteiger partial charge in [-0.25, -0.2) is 0 Å². The molecule has 5 nitrogen and oxygen atoms in total. The fourth-order valence-corrected chi connectivity index (χ4v) is 3.30. The maximum Gasteiger partial charge on any atom is 0.416 e. The van der Waals surface area contributed by atoms with Crippen molar-refractivity contribution in [2.24, 2.45) is 0 Å². The molecule has 0 amide bonds. The third-order valence-corrected chi connectivity index (χ3v) is 5.17. The van der Waals surface area contributed by atoms with Crippen LogP contribution in [-0.4, -0.2) is 20.3 Å². The van der Waals surface area contributed by atoms with Crippen molar-refractivity contribution in [1.82, 2.24) is 20.3 Å². The Morgan fingerprint density at radius 1 is 0.867 bits per heavy atom. The maximum atomic E-state index is 12.7. The molecule has 0 saturated heterocycles. The van der Waals surface area contributed by atoms with Crippen molar-refractivity contribution in [3.05, 3.63) is 77.7 Å². The van der Waals surface area contributed by atoms with Crippen molar-refractivity contribution in [2.75, 3.05) is 0 Å². The second-order valence-electron chi connectivity index (χ2n) is 6.50. The molecule has 0 atom stereocenters. The van der Waals surface area contributed by atoms with Crippen LogP contribution in [0.4, 0.5) is 13.2 Å². The Morgan fingerprint density at radius 3 is 2.20 bits per heavy atom. The van der Waals surface area contributed by atoms with Crippen LogP contribution >= 0.6 is 11.8 Å². The number of rotatable bonds is 5. The highest BCUT2D eigenvalue weighted by Crippen LogP contribution is 2.30. The topological polar surface area (TPSA) is 64.7 Å². The van der Waals surface area contributed by atoms with E-state index in [2.05, 4.69) is 20.3 Å². The van der Waals surface area contributed by atoms with Gasteiger partial charge in [-0.15, -0.1) is 10.2 Å². The van der Waals surface area contributed by atoms with E-state index in [1.165, 1.54) is 29.5 Å². The minimum Gasteiger partial charge on any atom is -0.338 e. The lowest BCUT2D eigenvalue weighted by Crippen LogP contribution is -2.04. The first kappa shape index (κ1) is 20.1. The van der Waals surface area contributed by atoms with E-state index in [0.717, 1.165) is 23.4 Å². The number of hydrogen-bond donors (Lipinski definition) is 0. The molecule has 0 radical (unpaired) electrons. The zero-order chi connectivity index (χ0) is 21.1. The van der Waals surface area contributed by atoms with Crippen molar-refractivity contribution in [2.45, 2.75) is 23.9 Å². The summed E-state index contributed by atoms with van der Waals surface area (Å²) in [5.41, 5.74) is 2.67. The molecule has 0 aliphatic heterocycles. The van der Waals surface area contributed by atoms with Crippen LogP contribution in [0.3, 0.4) is 0 Å². The first-order valence-electron chi connectivity index (χ1n) is 8.92. The molecule has 9 heteroatoms. The summed E-state index contributed by atoms with van der Waals surface area (Å²) in [6, 6.07) is 16.4. The fraction of sp³-hybridized carbons (Fsp3) is 0.143. The van der Waals surface area contributed by atoms with Crippen LogP contribution in [0, 0.1) is 6.92 Å². The van der Waals surface area contributed by atoms with E-state index in [1.807, 2.05) is 43.3 Å². The van der Waals surface area contributed by atoms with Gasteiger partial charge in [-0.3, -0.25) is 0 Å². The standard InChI is InChI=1S/C21H15F3N4OS/c1-13-2-4-14(5-3-13)17-10-11-19(27-26-17)30-12-18-25-20(28-29-18)15-6-8-16(9-7-15)21(22,23)24/h2-11H,12H2,1H3. The Labute approximate surface area is 174 Å². The van der Waals surface area contributed by atoms with Gasteiger partial charge in [-0.1, -0.05) is 58.9 Å². The molecule has 152 valence electrons. The normalized spacial score (nSPS) is 11.6. The molecular weight excluding hydrogens is 413 g/mol. The Hall–Kier alpha value is -3.20. The van der Waals surface area contributed by atoms with Gasteiger partial charge in [0, 0.05) is 11.1 Å². The molecule has 2 heterocycles. The number of aryl methyl sites for hydroxylation is 1. The molecule has 0 saturated carbocycles. The van der Waals surface area contributed by atoms with E-state index in [9.17, 15) is 13.2 Å². The number of thioether (sulfide) groups is 1. The van der Waals surface area contributed by atoms with E-state index in [0.29, 0.717) is 22.2 Å². The second-order valence-corrected chi connectivity index (χ2v) is 7.49. The van der Waals surface area contributed by atoms with Gasteiger partial charge in [0.1, 0.15) is 5.03 Å². The summed E-state index contributed by atoms with van der Waals surface area (Å²) in [6.45, 7) is 2.02. The Balaban J connectivity index is 1.39. The van der Waals surface area contributed by atoms with Crippen LogP contribution < -0.4 is 0 Å². The highest BCUT2D eigenvalue weighted by molar-refractivity contribution is 7.98. The van der Waals surface area contributed by atoms with E-state index in [1.54, 1.807) is 0 Å². The zero-order valence-electron chi connectivity index (χ0n) is 15.7. The number of alkyl halides is 3. The minimum absolute atomic E-state index is 0.236. The van der Waals surface area contributed by atoms with E-state index in [4.69, 9.17) is 4.52 Å². The van der Waals surface area contributed by atoms with Crippen molar-refractivity contribution >= 4 is 11.8 Å². The van der Waals surface area contributed by atoms with Gasteiger partial charge < -0.3 is 4.52 Å². The predicted octanol–water partition coefficient (Wildman–Crippen LogP) is 5.81. The zero-order valence-corrected chi connectivity index (χ0v) is 16.5. The van der Waals surface area contributed by atoms with Crippen LogP contribution in [0.1, 0.15) is 17.0 Å². The lowest BCUT2D eigenvalue weighted by molar-refractivity contribution is -0.137. The predicted molar refractivity (Wildman–Crippen MR) is 107 cm³/mol. The van der Waals surface area contributed by atoms with E-state index >= 15 is 0 Å². The van der Waals surface area contributed by atoms with Gasteiger partial charge in [0.15, 0.2) is 0 Å². The summed E-state index contributed by atoms with van der Waals surface area (Å²) in [4.78, 5) is 4.23. The van der Waals surface area contributed by atoms with Crippen LogP contribution in [0.2, 0.25) is 0 Å². The summed E-state index contributed by atoms with van der Waals surface area (Å²) < 4.78 is 43.2. The highest BCUT2D eigenvalue weighted by atomic mass is 32.2.